The molecule has 0 unspecified atom stereocenters. The topological polar surface area (TPSA) is 157 Å². The number of hydrogen-bond acceptors (Lipinski definition) is 11. The van der Waals surface area contributed by atoms with Crippen LogP contribution in [0.15, 0.2) is 22.7 Å². The van der Waals surface area contributed by atoms with Crippen LogP contribution in [0.25, 0.3) is 11.5 Å². The molecule has 3 N–H and O–H groups in total. The molecule has 17 heteroatoms. The van der Waals surface area contributed by atoms with Crippen molar-refractivity contribution in [3.05, 3.63) is 35.5 Å². The number of ether oxygens (including phenoxy) is 2. The Morgan fingerprint density at radius 1 is 1.15 bits per heavy atom. The van der Waals surface area contributed by atoms with E-state index >= 15 is 0 Å². The molecular formula is C24H30B3FN8O5. The first-order chi connectivity index (χ1) is 19.6. The third kappa shape index (κ3) is 7.22. The Morgan fingerprint density at radius 2 is 1.90 bits per heavy atom. The number of amides is 2. The molecule has 2 fully saturated rings. The summed E-state index contributed by atoms with van der Waals surface area (Å²) in [6, 6.07) is 3.92. The van der Waals surface area contributed by atoms with Crippen LogP contribution < -0.4 is 20.7 Å². The highest BCUT2D eigenvalue weighted by atomic mass is 19.1. The van der Waals surface area contributed by atoms with E-state index in [4.69, 9.17) is 14.0 Å². The minimum absolute atomic E-state index is 0.0530. The summed E-state index contributed by atoms with van der Waals surface area (Å²) in [4.78, 5) is 32.0. The normalized spacial score (nSPS) is 15.8. The van der Waals surface area contributed by atoms with E-state index in [2.05, 4.69) is 41.2 Å². The van der Waals surface area contributed by atoms with Gasteiger partial charge in [0.1, 0.15) is 29.4 Å². The molecule has 0 radical (unpaired) electrons. The van der Waals surface area contributed by atoms with Gasteiger partial charge in [0.2, 0.25) is 5.91 Å². The SMILES string of the molecule is BC(B)(B)NC(=O)c1nnc(NC(=O)C2CC2)cc1Nc1cc(F)cc(-c2nc(CN3CCOCC3)no2)c1OC. The largest absolute Gasteiger partial charge is 0.494 e. The van der Waals surface area contributed by atoms with Crippen molar-refractivity contribution < 1.29 is 28.0 Å². The number of aromatic nitrogens is 4. The summed E-state index contributed by atoms with van der Waals surface area (Å²) in [5.74, 6) is -0.485. The first-order valence-electron chi connectivity index (χ1n) is 13.4. The van der Waals surface area contributed by atoms with Gasteiger partial charge in [0, 0.05) is 31.1 Å². The van der Waals surface area contributed by atoms with Crippen LogP contribution >= 0.6 is 0 Å². The van der Waals surface area contributed by atoms with Crippen LogP contribution in [0, 0.1) is 11.7 Å². The lowest BCUT2D eigenvalue weighted by atomic mass is 9.49. The molecule has 0 spiro atoms. The number of nitrogens with one attached hydrogen (secondary N) is 3. The van der Waals surface area contributed by atoms with Crippen LogP contribution in [0.1, 0.15) is 29.2 Å². The van der Waals surface area contributed by atoms with Crippen LogP contribution in [0.5, 0.6) is 5.75 Å². The quantitative estimate of drug-likeness (QED) is 0.256. The monoisotopic (exact) mass is 562 g/mol. The minimum Gasteiger partial charge on any atom is -0.494 e. The lowest BCUT2D eigenvalue weighted by Gasteiger charge is -2.24. The molecule has 2 aromatic heterocycles. The van der Waals surface area contributed by atoms with E-state index in [0.29, 0.717) is 25.6 Å². The Labute approximate surface area is 238 Å². The maximum atomic E-state index is 15.0. The van der Waals surface area contributed by atoms with E-state index in [1.54, 1.807) is 0 Å². The molecule has 0 atom stereocenters. The van der Waals surface area contributed by atoms with E-state index in [1.807, 2.05) is 23.5 Å². The molecule has 41 heavy (non-hydrogen) atoms. The third-order valence-corrected chi connectivity index (χ3v) is 6.39. The predicted octanol–water partition coefficient (Wildman–Crippen LogP) is -1.16. The van der Waals surface area contributed by atoms with E-state index < -0.39 is 17.0 Å². The lowest BCUT2D eigenvalue weighted by Crippen LogP contribution is -2.50. The number of carbonyl (C=O) groups is 2. The van der Waals surface area contributed by atoms with Crippen molar-refractivity contribution in [1.29, 1.82) is 0 Å². The number of methoxy groups -OCH3 is 1. The summed E-state index contributed by atoms with van der Waals surface area (Å²) in [5.41, 5.74) is 0.525. The van der Waals surface area contributed by atoms with Crippen LogP contribution in [-0.2, 0) is 16.1 Å². The van der Waals surface area contributed by atoms with Crippen molar-refractivity contribution in [2.45, 2.75) is 24.6 Å². The van der Waals surface area contributed by atoms with Crippen LogP contribution in [-0.4, -0.2) is 99.2 Å². The summed E-state index contributed by atoms with van der Waals surface area (Å²) >= 11 is 0. The average Bonchev–Trinajstić information content (AvgIpc) is 3.67. The van der Waals surface area contributed by atoms with Gasteiger partial charge in [-0.2, -0.15) is 4.98 Å². The van der Waals surface area contributed by atoms with Crippen LogP contribution in [0.2, 0.25) is 0 Å². The van der Waals surface area contributed by atoms with Gasteiger partial charge in [-0.25, -0.2) is 4.39 Å². The minimum atomic E-state index is -0.610. The fraction of sp³-hybridized carbons (Fsp3) is 0.417. The Bertz CT molecular complexity index is 1440. The van der Waals surface area contributed by atoms with Gasteiger partial charge in [-0.05, 0) is 24.1 Å². The fourth-order valence-electron chi connectivity index (χ4n) is 4.29. The Hall–Kier alpha value is -3.98. The molecule has 5 rings (SSSR count). The van der Waals surface area contributed by atoms with Crippen molar-refractivity contribution >= 4 is 52.5 Å². The number of benzene rings is 1. The van der Waals surface area contributed by atoms with Gasteiger partial charge in [-0.3, -0.25) is 14.5 Å². The molecule has 2 aliphatic rings. The zero-order valence-corrected chi connectivity index (χ0v) is 23.4. The molecule has 0 bridgehead atoms. The number of anilines is 3. The van der Waals surface area contributed by atoms with Gasteiger partial charge in [0.15, 0.2) is 23.1 Å². The Balaban J connectivity index is 1.47. The molecule has 1 saturated heterocycles. The number of halogens is 1. The van der Waals surface area contributed by atoms with Gasteiger partial charge < -0.3 is 29.9 Å². The van der Waals surface area contributed by atoms with E-state index in [1.165, 1.54) is 25.3 Å². The predicted molar refractivity (Wildman–Crippen MR) is 155 cm³/mol. The second-order valence-corrected chi connectivity index (χ2v) is 11.0. The van der Waals surface area contributed by atoms with Gasteiger partial charge in [0.25, 0.3) is 11.8 Å². The zero-order valence-electron chi connectivity index (χ0n) is 23.4. The maximum Gasteiger partial charge on any atom is 0.272 e. The fourth-order valence-corrected chi connectivity index (χ4v) is 4.29. The number of nitrogens with zero attached hydrogens (tertiary/aromatic N) is 5. The van der Waals surface area contributed by atoms with Crippen LogP contribution in [0.4, 0.5) is 21.6 Å². The van der Waals surface area contributed by atoms with Crippen molar-refractivity contribution in [2.75, 3.05) is 44.0 Å². The van der Waals surface area contributed by atoms with Gasteiger partial charge in [-0.15, -0.1) is 10.2 Å². The molecule has 1 saturated carbocycles. The molecule has 212 valence electrons. The lowest BCUT2D eigenvalue weighted by molar-refractivity contribution is -0.117. The average molecular weight is 562 g/mol. The highest BCUT2D eigenvalue weighted by Crippen LogP contribution is 2.39. The summed E-state index contributed by atoms with van der Waals surface area (Å²) in [5, 5.41) is 20.2. The first-order valence-corrected chi connectivity index (χ1v) is 13.4. The van der Waals surface area contributed by atoms with E-state index in [9.17, 15) is 14.0 Å². The van der Waals surface area contributed by atoms with Gasteiger partial charge in [-0.1, -0.05) is 5.16 Å². The Morgan fingerprint density at radius 3 is 2.59 bits per heavy atom. The third-order valence-electron chi connectivity index (χ3n) is 6.39. The summed E-state index contributed by atoms with van der Waals surface area (Å²) in [7, 11) is 6.91. The number of rotatable bonds is 10. The number of carbonyl (C=O) groups excluding carboxylic acids is 2. The maximum absolute atomic E-state index is 15.0. The number of hydrogen-bond donors (Lipinski definition) is 3. The standard InChI is InChI=1S/C24H30B3FN8O5/c1-39-20-14(23-31-18(35-41-23)11-36-4-6-40-7-5-36)8-13(28)9-16(20)29-15-10-17(30-21(37)12-2-3-12)33-34-19(15)22(38)32-24(25,26)27/h8-10,12H,2-7,11,25-27H2,1H3,(H,32,38)(H2,29,30,33,37). The molecule has 1 aliphatic heterocycles. The molecule has 3 heterocycles. The van der Waals surface area contributed by atoms with Gasteiger partial charge in [0.05, 0.1) is 43.8 Å². The number of morpholine rings is 1. The van der Waals surface area contributed by atoms with Crippen LogP contribution in [0.3, 0.4) is 0 Å². The van der Waals surface area contributed by atoms with Gasteiger partial charge >= 0.3 is 0 Å². The first kappa shape index (κ1) is 28.5. The smallest absolute Gasteiger partial charge is 0.272 e. The summed E-state index contributed by atoms with van der Waals surface area (Å²) in [6.07, 6.45) is 1.62. The van der Waals surface area contributed by atoms with Crippen molar-refractivity contribution in [2.24, 2.45) is 5.92 Å². The zero-order chi connectivity index (χ0) is 29.1. The highest BCUT2D eigenvalue weighted by Gasteiger charge is 2.30. The second-order valence-electron chi connectivity index (χ2n) is 11.0. The summed E-state index contributed by atoms with van der Waals surface area (Å²) in [6.45, 7) is 3.21. The molecule has 1 aromatic carbocycles. The molecular weight excluding hydrogens is 532 g/mol. The molecule has 2 amide bonds. The van der Waals surface area contributed by atoms with E-state index in [-0.39, 0.29) is 51.9 Å². The second kappa shape index (κ2) is 11.9. The van der Waals surface area contributed by atoms with Crippen molar-refractivity contribution in [3.8, 4) is 17.2 Å². The summed E-state index contributed by atoms with van der Waals surface area (Å²) < 4.78 is 31.5. The Kier molecular flexibility index (Phi) is 8.26. The van der Waals surface area contributed by atoms with Crippen molar-refractivity contribution in [3.63, 3.8) is 0 Å². The highest BCUT2D eigenvalue weighted by molar-refractivity contribution is 6.60. The molecule has 1 aliphatic carbocycles. The molecule has 13 nitrogen and oxygen atoms in total. The van der Waals surface area contributed by atoms with E-state index in [0.717, 1.165) is 25.9 Å². The molecule has 3 aromatic rings. The van der Waals surface area contributed by atoms with Crippen molar-refractivity contribution in [1.82, 2.24) is 30.6 Å².